The van der Waals surface area contributed by atoms with Gasteiger partial charge in [-0.1, -0.05) is 12.1 Å². The van der Waals surface area contributed by atoms with Gasteiger partial charge in [0.2, 0.25) is 5.91 Å². The minimum absolute atomic E-state index is 0.0752. The molecular formula is C16H15FN2O3. The van der Waals surface area contributed by atoms with Crippen LogP contribution in [0.5, 0.6) is 5.75 Å². The summed E-state index contributed by atoms with van der Waals surface area (Å²) in [7, 11) is 1.53. The van der Waals surface area contributed by atoms with E-state index in [1.54, 1.807) is 30.3 Å². The minimum Gasteiger partial charge on any atom is -0.497 e. The zero-order valence-electron chi connectivity index (χ0n) is 11.9. The standard InChI is InChI=1S/C16H15FN2O3/c1-22-12-8-6-11(7-9-12)16(21)18-10-15(20)19-14-5-3-2-4-13(14)17/h2-9H,10H2,1H3,(H,18,21)(H,19,20). The number of halogens is 1. The van der Waals surface area contributed by atoms with Crippen molar-refractivity contribution in [1.29, 1.82) is 0 Å². The van der Waals surface area contributed by atoms with E-state index in [1.807, 2.05) is 0 Å². The zero-order valence-corrected chi connectivity index (χ0v) is 11.9. The van der Waals surface area contributed by atoms with Gasteiger partial charge in [0.25, 0.3) is 5.91 Å². The lowest BCUT2D eigenvalue weighted by atomic mass is 10.2. The second kappa shape index (κ2) is 7.21. The number of anilines is 1. The Morgan fingerprint density at radius 1 is 1.09 bits per heavy atom. The van der Waals surface area contributed by atoms with Crippen LogP contribution in [0.4, 0.5) is 10.1 Å². The van der Waals surface area contributed by atoms with E-state index >= 15 is 0 Å². The van der Waals surface area contributed by atoms with Crippen LogP contribution >= 0.6 is 0 Å². The van der Waals surface area contributed by atoms with Crippen LogP contribution in [0.3, 0.4) is 0 Å². The average molecular weight is 302 g/mol. The summed E-state index contributed by atoms with van der Waals surface area (Å²) in [4.78, 5) is 23.6. The molecule has 114 valence electrons. The molecule has 0 aliphatic rings. The number of amides is 2. The van der Waals surface area contributed by atoms with Crippen molar-refractivity contribution >= 4 is 17.5 Å². The van der Waals surface area contributed by atoms with Gasteiger partial charge in [-0.25, -0.2) is 4.39 Å². The molecule has 2 aromatic rings. The Hall–Kier alpha value is -2.89. The van der Waals surface area contributed by atoms with Crippen molar-refractivity contribution in [2.24, 2.45) is 0 Å². The molecule has 2 amide bonds. The van der Waals surface area contributed by atoms with Crippen LogP contribution in [0.1, 0.15) is 10.4 Å². The molecule has 0 aliphatic heterocycles. The van der Waals surface area contributed by atoms with E-state index in [-0.39, 0.29) is 12.2 Å². The van der Waals surface area contributed by atoms with Crippen molar-refractivity contribution in [3.63, 3.8) is 0 Å². The normalized spacial score (nSPS) is 9.91. The number of nitrogens with one attached hydrogen (secondary N) is 2. The second-order valence-electron chi connectivity index (χ2n) is 4.44. The number of carbonyl (C=O) groups excluding carboxylic acids is 2. The number of hydrogen-bond donors (Lipinski definition) is 2. The Kier molecular flexibility index (Phi) is 5.08. The van der Waals surface area contributed by atoms with Crippen LogP contribution < -0.4 is 15.4 Å². The fraction of sp³-hybridized carbons (Fsp3) is 0.125. The Morgan fingerprint density at radius 2 is 1.77 bits per heavy atom. The van der Waals surface area contributed by atoms with E-state index in [0.717, 1.165) is 0 Å². The zero-order chi connectivity index (χ0) is 15.9. The van der Waals surface area contributed by atoms with Crippen molar-refractivity contribution in [3.05, 3.63) is 59.9 Å². The van der Waals surface area contributed by atoms with Crippen molar-refractivity contribution < 1.29 is 18.7 Å². The molecule has 6 heteroatoms. The van der Waals surface area contributed by atoms with Crippen LogP contribution in [0.25, 0.3) is 0 Å². The van der Waals surface area contributed by atoms with Gasteiger partial charge in [-0.3, -0.25) is 9.59 Å². The SMILES string of the molecule is COc1ccc(C(=O)NCC(=O)Nc2ccccc2F)cc1. The molecule has 0 atom stereocenters. The first-order valence-electron chi connectivity index (χ1n) is 6.57. The Labute approximate surface area is 127 Å². The quantitative estimate of drug-likeness (QED) is 0.890. The Bertz CT molecular complexity index is 671. The fourth-order valence-electron chi connectivity index (χ4n) is 1.76. The van der Waals surface area contributed by atoms with Gasteiger partial charge in [0.1, 0.15) is 11.6 Å². The van der Waals surface area contributed by atoms with Gasteiger partial charge in [-0.15, -0.1) is 0 Å². The van der Waals surface area contributed by atoms with Crippen LogP contribution in [0.15, 0.2) is 48.5 Å². The highest BCUT2D eigenvalue weighted by atomic mass is 19.1. The van der Waals surface area contributed by atoms with E-state index in [0.29, 0.717) is 11.3 Å². The van der Waals surface area contributed by atoms with Crippen molar-refractivity contribution in [2.75, 3.05) is 19.0 Å². The largest absolute Gasteiger partial charge is 0.497 e. The molecule has 0 spiro atoms. The summed E-state index contributed by atoms with van der Waals surface area (Å²) in [6.07, 6.45) is 0. The molecule has 0 saturated heterocycles. The number of methoxy groups -OCH3 is 1. The number of carbonyl (C=O) groups is 2. The van der Waals surface area contributed by atoms with E-state index in [1.165, 1.54) is 25.3 Å². The van der Waals surface area contributed by atoms with E-state index in [4.69, 9.17) is 4.74 Å². The molecule has 22 heavy (non-hydrogen) atoms. The third kappa shape index (κ3) is 4.05. The molecule has 0 fully saturated rings. The summed E-state index contributed by atoms with van der Waals surface area (Å²) >= 11 is 0. The smallest absolute Gasteiger partial charge is 0.251 e. The van der Waals surface area contributed by atoms with Gasteiger partial charge in [0, 0.05) is 5.56 Å². The molecule has 0 heterocycles. The van der Waals surface area contributed by atoms with Crippen LogP contribution in [0.2, 0.25) is 0 Å². The number of rotatable bonds is 5. The molecule has 2 aromatic carbocycles. The van der Waals surface area contributed by atoms with E-state index < -0.39 is 17.6 Å². The summed E-state index contributed by atoms with van der Waals surface area (Å²) in [5.41, 5.74) is 0.477. The van der Waals surface area contributed by atoms with Crippen LogP contribution in [0, 0.1) is 5.82 Å². The van der Waals surface area contributed by atoms with E-state index in [2.05, 4.69) is 10.6 Å². The Balaban J connectivity index is 1.87. The monoisotopic (exact) mass is 302 g/mol. The van der Waals surface area contributed by atoms with E-state index in [9.17, 15) is 14.0 Å². The average Bonchev–Trinajstić information content (AvgIpc) is 2.55. The number of ether oxygens (including phenoxy) is 1. The number of hydrogen-bond acceptors (Lipinski definition) is 3. The second-order valence-corrected chi connectivity index (χ2v) is 4.44. The maximum atomic E-state index is 13.4. The number of para-hydroxylation sites is 1. The molecule has 0 radical (unpaired) electrons. The highest BCUT2D eigenvalue weighted by Crippen LogP contribution is 2.12. The molecule has 0 aromatic heterocycles. The molecule has 2 N–H and O–H groups in total. The summed E-state index contributed by atoms with van der Waals surface area (Å²) in [6, 6.07) is 12.3. The fourth-order valence-corrected chi connectivity index (χ4v) is 1.76. The molecule has 0 bridgehead atoms. The topological polar surface area (TPSA) is 67.4 Å². The summed E-state index contributed by atoms with van der Waals surface area (Å²) < 4.78 is 18.4. The summed E-state index contributed by atoms with van der Waals surface area (Å²) in [6.45, 7) is -0.251. The molecular weight excluding hydrogens is 287 g/mol. The lowest BCUT2D eigenvalue weighted by Gasteiger charge is -2.08. The van der Waals surface area contributed by atoms with Crippen molar-refractivity contribution in [1.82, 2.24) is 5.32 Å². The lowest BCUT2D eigenvalue weighted by Crippen LogP contribution is -2.33. The van der Waals surface area contributed by atoms with Gasteiger partial charge < -0.3 is 15.4 Å². The maximum absolute atomic E-state index is 13.4. The number of benzene rings is 2. The predicted octanol–water partition coefficient (Wildman–Crippen LogP) is 2.20. The van der Waals surface area contributed by atoms with Gasteiger partial charge in [-0.05, 0) is 36.4 Å². The maximum Gasteiger partial charge on any atom is 0.251 e. The molecule has 0 aliphatic carbocycles. The van der Waals surface area contributed by atoms with Crippen LogP contribution in [-0.2, 0) is 4.79 Å². The molecule has 5 nitrogen and oxygen atoms in total. The molecule has 2 rings (SSSR count). The minimum atomic E-state index is -0.530. The molecule has 0 unspecified atom stereocenters. The highest BCUT2D eigenvalue weighted by molar-refractivity contribution is 5.99. The lowest BCUT2D eigenvalue weighted by molar-refractivity contribution is -0.115. The van der Waals surface area contributed by atoms with Crippen molar-refractivity contribution in [3.8, 4) is 5.75 Å². The van der Waals surface area contributed by atoms with Gasteiger partial charge in [-0.2, -0.15) is 0 Å². The summed E-state index contributed by atoms with van der Waals surface area (Å²) in [5, 5.41) is 4.85. The van der Waals surface area contributed by atoms with Gasteiger partial charge >= 0.3 is 0 Å². The van der Waals surface area contributed by atoms with Crippen LogP contribution in [-0.4, -0.2) is 25.5 Å². The first kappa shape index (κ1) is 15.5. The van der Waals surface area contributed by atoms with Gasteiger partial charge in [0.05, 0.1) is 19.3 Å². The Morgan fingerprint density at radius 3 is 2.41 bits per heavy atom. The highest BCUT2D eigenvalue weighted by Gasteiger charge is 2.09. The third-order valence-electron chi connectivity index (χ3n) is 2.91. The van der Waals surface area contributed by atoms with Gasteiger partial charge in [0.15, 0.2) is 0 Å². The first-order valence-corrected chi connectivity index (χ1v) is 6.57. The summed E-state index contributed by atoms with van der Waals surface area (Å²) in [5.74, 6) is -0.801. The first-order chi connectivity index (χ1) is 10.6. The van der Waals surface area contributed by atoms with Crippen molar-refractivity contribution in [2.45, 2.75) is 0 Å². The molecule has 0 saturated carbocycles. The third-order valence-corrected chi connectivity index (χ3v) is 2.91. The predicted molar refractivity (Wildman–Crippen MR) is 80.4 cm³/mol.